The summed E-state index contributed by atoms with van der Waals surface area (Å²) in [7, 11) is 0. The smallest absolute Gasteiger partial charge is 0.323 e. The van der Waals surface area contributed by atoms with Gasteiger partial charge in [0.05, 0.1) is 12.4 Å². The number of hydrogen-bond donors (Lipinski definition) is 0. The first-order chi connectivity index (χ1) is 10.2. The SMILES string of the molecule is CCOC(=O)C(c1cccc(C)c1)c1nc(CSC)no1. The molecule has 0 saturated heterocycles. The molecule has 0 N–H and O–H groups in total. The van der Waals surface area contributed by atoms with E-state index in [4.69, 9.17) is 9.26 Å². The molecule has 0 saturated carbocycles. The highest BCUT2D eigenvalue weighted by Gasteiger charge is 2.30. The van der Waals surface area contributed by atoms with Gasteiger partial charge in [0.15, 0.2) is 11.7 Å². The van der Waals surface area contributed by atoms with Crippen molar-refractivity contribution in [3.63, 3.8) is 0 Å². The minimum atomic E-state index is -0.673. The molecule has 0 radical (unpaired) electrons. The minimum absolute atomic E-state index is 0.281. The molecule has 1 aromatic carbocycles. The van der Waals surface area contributed by atoms with E-state index in [2.05, 4.69) is 10.1 Å². The molecule has 0 amide bonds. The van der Waals surface area contributed by atoms with E-state index >= 15 is 0 Å². The topological polar surface area (TPSA) is 65.2 Å². The normalized spacial score (nSPS) is 12.1. The van der Waals surface area contributed by atoms with Gasteiger partial charge in [-0.3, -0.25) is 4.79 Å². The number of thioether (sulfide) groups is 1. The molecule has 1 heterocycles. The molecule has 2 rings (SSSR count). The number of esters is 1. The maximum atomic E-state index is 12.3. The van der Waals surface area contributed by atoms with Gasteiger partial charge in [0.25, 0.3) is 0 Å². The van der Waals surface area contributed by atoms with E-state index in [0.717, 1.165) is 11.1 Å². The van der Waals surface area contributed by atoms with Crippen LogP contribution in [0, 0.1) is 6.92 Å². The summed E-state index contributed by atoms with van der Waals surface area (Å²) >= 11 is 1.60. The Morgan fingerprint density at radius 1 is 1.48 bits per heavy atom. The summed E-state index contributed by atoms with van der Waals surface area (Å²) in [5.74, 6) is 0.463. The Morgan fingerprint density at radius 2 is 2.29 bits per heavy atom. The Morgan fingerprint density at radius 3 is 2.95 bits per heavy atom. The second-order valence-electron chi connectivity index (χ2n) is 4.58. The summed E-state index contributed by atoms with van der Waals surface area (Å²) in [4.78, 5) is 16.6. The zero-order valence-corrected chi connectivity index (χ0v) is 13.1. The maximum Gasteiger partial charge on any atom is 0.323 e. The average molecular weight is 306 g/mol. The summed E-state index contributed by atoms with van der Waals surface area (Å²) < 4.78 is 10.4. The fourth-order valence-electron chi connectivity index (χ4n) is 2.03. The lowest BCUT2D eigenvalue weighted by Gasteiger charge is -2.12. The molecule has 0 aliphatic heterocycles. The number of nitrogens with zero attached hydrogens (tertiary/aromatic N) is 2. The first-order valence-electron chi connectivity index (χ1n) is 6.70. The molecular weight excluding hydrogens is 288 g/mol. The predicted octanol–water partition coefficient (Wildman–Crippen LogP) is 2.94. The number of hydrogen-bond acceptors (Lipinski definition) is 6. The van der Waals surface area contributed by atoms with Crippen LogP contribution < -0.4 is 0 Å². The van der Waals surface area contributed by atoms with Crippen molar-refractivity contribution in [2.75, 3.05) is 12.9 Å². The first kappa shape index (κ1) is 15.6. The third kappa shape index (κ3) is 3.85. The Bertz CT molecular complexity index is 612. The van der Waals surface area contributed by atoms with Gasteiger partial charge in [-0.05, 0) is 25.7 Å². The van der Waals surface area contributed by atoms with Gasteiger partial charge in [0.1, 0.15) is 0 Å². The Labute approximate surface area is 128 Å². The molecule has 0 aliphatic carbocycles. The van der Waals surface area contributed by atoms with E-state index in [9.17, 15) is 4.79 Å². The van der Waals surface area contributed by atoms with Gasteiger partial charge < -0.3 is 9.26 Å². The molecule has 2 aromatic rings. The third-order valence-corrected chi connectivity index (χ3v) is 3.45. The standard InChI is InChI=1S/C15H18N2O3S/c1-4-19-15(18)13(11-7-5-6-10(2)8-11)14-16-12(9-21-3)17-20-14/h5-8,13H,4,9H2,1-3H3. The lowest BCUT2D eigenvalue weighted by atomic mass is 9.97. The molecule has 0 fully saturated rings. The largest absolute Gasteiger partial charge is 0.465 e. The van der Waals surface area contributed by atoms with Gasteiger partial charge in [-0.15, -0.1) is 0 Å². The molecule has 1 unspecified atom stereocenters. The van der Waals surface area contributed by atoms with Crippen molar-refractivity contribution in [3.05, 3.63) is 47.1 Å². The number of aromatic nitrogens is 2. The quantitative estimate of drug-likeness (QED) is 0.765. The van der Waals surface area contributed by atoms with Crippen LogP contribution in [0.4, 0.5) is 0 Å². The van der Waals surface area contributed by atoms with E-state index in [0.29, 0.717) is 18.2 Å². The van der Waals surface area contributed by atoms with Crippen LogP contribution in [-0.2, 0) is 15.3 Å². The average Bonchev–Trinajstić information content (AvgIpc) is 2.88. The lowest BCUT2D eigenvalue weighted by Crippen LogP contribution is -2.18. The molecule has 0 bridgehead atoms. The van der Waals surface area contributed by atoms with Crippen molar-refractivity contribution >= 4 is 17.7 Å². The Hall–Kier alpha value is -1.82. The van der Waals surface area contributed by atoms with E-state index in [1.165, 1.54) is 0 Å². The molecule has 21 heavy (non-hydrogen) atoms. The summed E-state index contributed by atoms with van der Waals surface area (Å²) in [5.41, 5.74) is 1.86. The van der Waals surface area contributed by atoms with Gasteiger partial charge in [-0.25, -0.2) is 0 Å². The second-order valence-corrected chi connectivity index (χ2v) is 5.45. The predicted molar refractivity (Wildman–Crippen MR) is 81.2 cm³/mol. The van der Waals surface area contributed by atoms with Crippen LogP contribution in [0.2, 0.25) is 0 Å². The van der Waals surface area contributed by atoms with Crippen molar-refractivity contribution in [2.45, 2.75) is 25.5 Å². The molecular formula is C15H18N2O3S. The number of ether oxygens (including phenoxy) is 1. The number of carbonyl (C=O) groups excluding carboxylic acids is 1. The van der Waals surface area contributed by atoms with Gasteiger partial charge in [-0.2, -0.15) is 16.7 Å². The zero-order valence-electron chi connectivity index (χ0n) is 12.3. The van der Waals surface area contributed by atoms with E-state index in [1.807, 2.05) is 37.4 Å². The fraction of sp³-hybridized carbons (Fsp3) is 0.400. The third-order valence-electron chi connectivity index (χ3n) is 2.90. The van der Waals surface area contributed by atoms with Crippen LogP contribution in [0.15, 0.2) is 28.8 Å². The molecule has 1 atom stereocenters. The molecule has 5 nitrogen and oxygen atoms in total. The van der Waals surface area contributed by atoms with Gasteiger partial charge in [0, 0.05) is 0 Å². The number of benzene rings is 1. The zero-order chi connectivity index (χ0) is 15.2. The number of rotatable bonds is 6. The van der Waals surface area contributed by atoms with Gasteiger partial charge >= 0.3 is 5.97 Å². The summed E-state index contributed by atoms with van der Waals surface area (Å²) in [5, 5.41) is 3.90. The lowest BCUT2D eigenvalue weighted by molar-refractivity contribution is -0.144. The minimum Gasteiger partial charge on any atom is -0.465 e. The van der Waals surface area contributed by atoms with Crippen molar-refractivity contribution in [1.29, 1.82) is 0 Å². The van der Waals surface area contributed by atoms with Crippen LogP contribution >= 0.6 is 11.8 Å². The summed E-state index contributed by atoms with van der Waals surface area (Å²) in [6.45, 7) is 4.06. The monoisotopic (exact) mass is 306 g/mol. The highest BCUT2D eigenvalue weighted by molar-refractivity contribution is 7.97. The van der Waals surface area contributed by atoms with Crippen LogP contribution in [0.3, 0.4) is 0 Å². The van der Waals surface area contributed by atoms with Crippen molar-refractivity contribution in [2.24, 2.45) is 0 Å². The van der Waals surface area contributed by atoms with Crippen molar-refractivity contribution in [1.82, 2.24) is 10.1 Å². The molecule has 112 valence electrons. The van der Waals surface area contributed by atoms with Crippen molar-refractivity contribution in [3.8, 4) is 0 Å². The van der Waals surface area contributed by atoms with Crippen LogP contribution in [0.5, 0.6) is 0 Å². The molecule has 6 heteroatoms. The highest BCUT2D eigenvalue weighted by Crippen LogP contribution is 2.26. The highest BCUT2D eigenvalue weighted by atomic mass is 32.2. The van der Waals surface area contributed by atoms with Gasteiger partial charge in [0.2, 0.25) is 5.89 Å². The number of carbonyl (C=O) groups is 1. The first-order valence-corrected chi connectivity index (χ1v) is 8.09. The Balaban J connectivity index is 2.37. The van der Waals surface area contributed by atoms with Gasteiger partial charge in [-0.1, -0.05) is 35.0 Å². The molecule has 0 spiro atoms. The van der Waals surface area contributed by atoms with Crippen molar-refractivity contribution < 1.29 is 14.1 Å². The number of aryl methyl sites for hydroxylation is 1. The van der Waals surface area contributed by atoms with Crippen LogP contribution in [-0.4, -0.2) is 29.0 Å². The van der Waals surface area contributed by atoms with Crippen LogP contribution in [0.25, 0.3) is 0 Å². The molecule has 0 aliphatic rings. The fourth-order valence-corrected chi connectivity index (χ4v) is 2.40. The van der Waals surface area contributed by atoms with E-state index < -0.39 is 5.92 Å². The summed E-state index contributed by atoms with van der Waals surface area (Å²) in [6, 6.07) is 7.67. The van der Waals surface area contributed by atoms with Crippen LogP contribution in [0.1, 0.15) is 35.7 Å². The molecule has 1 aromatic heterocycles. The summed E-state index contributed by atoms with van der Waals surface area (Å²) in [6.07, 6.45) is 1.96. The van der Waals surface area contributed by atoms with E-state index in [-0.39, 0.29) is 11.9 Å². The second kappa shape index (κ2) is 7.26. The maximum absolute atomic E-state index is 12.3. The Kier molecular flexibility index (Phi) is 5.38. The van der Waals surface area contributed by atoms with E-state index in [1.54, 1.807) is 18.7 Å².